The van der Waals surface area contributed by atoms with E-state index in [1.807, 2.05) is 32.0 Å². The van der Waals surface area contributed by atoms with Crippen molar-refractivity contribution in [3.8, 4) is 0 Å². The van der Waals surface area contributed by atoms with Gasteiger partial charge in [0.25, 0.3) is 0 Å². The highest BCUT2D eigenvalue weighted by molar-refractivity contribution is 8.00. The quantitative estimate of drug-likeness (QED) is 0.0600. The van der Waals surface area contributed by atoms with Crippen LogP contribution in [0.1, 0.15) is 44.2 Å². The Kier molecular flexibility index (Phi) is 20.2. The fourth-order valence-electron chi connectivity index (χ4n) is 4.84. The largest absolute Gasteiger partial charge is 0.480 e. The summed E-state index contributed by atoms with van der Waals surface area (Å²) >= 11 is 13.8. The highest BCUT2D eigenvalue weighted by atomic mass is 35.5. The number of aliphatic carboxylic acids is 1. The molecular formula is C34H47Cl2FN5O9PS2. The Balaban J connectivity index is 0.000000305. The Hall–Kier alpha value is -3.02. The van der Waals surface area contributed by atoms with E-state index in [2.05, 4.69) is 16.7 Å². The maximum Gasteiger partial charge on any atom is 0.325 e. The predicted octanol–water partition coefficient (Wildman–Crippen LogP) is 5.61. The van der Waals surface area contributed by atoms with Crippen LogP contribution in [0.25, 0.3) is 0 Å². The van der Waals surface area contributed by atoms with E-state index in [0.29, 0.717) is 29.4 Å². The first kappa shape index (κ1) is 47.1. The molecule has 1 aliphatic rings. The zero-order chi connectivity index (χ0) is 40.6. The summed E-state index contributed by atoms with van der Waals surface area (Å²) in [6, 6.07) is 7.64. The number of carbonyl (C=O) groups excluding carboxylic acids is 2. The first-order chi connectivity index (χ1) is 25.5. The number of aryl methyl sites for hydroxylation is 2. The fraction of sp³-hybridized carbons (Fsp3) is 0.500. The predicted molar refractivity (Wildman–Crippen MR) is 211 cm³/mol. The summed E-state index contributed by atoms with van der Waals surface area (Å²) in [5.41, 5.74) is 8.30. The second kappa shape index (κ2) is 23.1. The van der Waals surface area contributed by atoms with E-state index in [1.54, 1.807) is 14.3 Å². The van der Waals surface area contributed by atoms with Crippen LogP contribution in [0.2, 0.25) is 5.02 Å². The number of hydrogen-bond donors (Lipinski definition) is 3. The number of alkyl halides is 1. The van der Waals surface area contributed by atoms with Gasteiger partial charge in [0.2, 0.25) is 10.7 Å². The van der Waals surface area contributed by atoms with Crippen LogP contribution in [0.5, 0.6) is 0 Å². The lowest BCUT2D eigenvalue weighted by Gasteiger charge is -2.25. The molecule has 0 saturated heterocycles. The first-order valence-corrected chi connectivity index (χ1v) is 21.8. The van der Waals surface area contributed by atoms with Gasteiger partial charge in [0, 0.05) is 37.4 Å². The van der Waals surface area contributed by atoms with E-state index in [9.17, 15) is 28.1 Å². The normalized spacial score (nSPS) is 14.0. The summed E-state index contributed by atoms with van der Waals surface area (Å²) in [7, 11) is -1.81. The smallest absolute Gasteiger partial charge is 0.325 e. The number of carboxylic acids is 1. The van der Waals surface area contributed by atoms with Crippen LogP contribution < -0.4 is 20.3 Å². The van der Waals surface area contributed by atoms with Crippen molar-refractivity contribution < 1.29 is 42.8 Å². The van der Waals surface area contributed by atoms with E-state index in [0.717, 1.165) is 65.2 Å². The van der Waals surface area contributed by atoms with Crippen molar-refractivity contribution in [2.24, 2.45) is 10.7 Å². The van der Waals surface area contributed by atoms with Gasteiger partial charge in [-0.3, -0.25) is 33.3 Å². The Labute approximate surface area is 331 Å². The molecule has 1 aliphatic heterocycles. The zero-order valence-corrected chi connectivity index (χ0v) is 34.8. The molecule has 0 fully saturated rings. The van der Waals surface area contributed by atoms with Gasteiger partial charge >= 0.3 is 16.8 Å². The molecule has 2 heterocycles. The lowest BCUT2D eigenvalue weighted by molar-refractivity contribution is -0.139. The minimum atomic E-state index is -3.10. The minimum Gasteiger partial charge on any atom is -0.480 e. The molecule has 3 aromatic rings. The third-order valence-electron chi connectivity index (χ3n) is 7.67. The number of nitrogens with zero attached hydrogens (tertiary/aromatic N) is 4. The third kappa shape index (κ3) is 14.9. The van der Waals surface area contributed by atoms with Crippen LogP contribution in [0.15, 0.2) is 45.0 Å². The van der Waals surface area contributed by atoms with Gasteiger partial charge in [-0.25, -0.2) is 14.1 Å². The molecule has 2 unspecified atom stereocenters. The summed E-state index contributed by atoms with van der Waals surface area (Å²) in [6.07, 6.45) is 2.77. The number of hydrogen-bond acceptors (Lipinski definition) is 11. The number of thioether (sulfide) groups is 1. The molecule has 0 aliphatic carbocycles. The Bertz CT molecular complexity index is 1920. The monoisotopic (exact) mass is 853 g/mol. The third-order valence-corrected chi connectivity index (χ3v) is 11.3. The highest BCUT2D eigenvalue weighted by Gasteiger charge is 2.20. The number of anilines is 1. The molecule has 1 aromatic heterocycles. The van der Waals surface area contributed by atoms with Gasteiger partial charge in [-0.15, -0.1) is 23.4 Å². The molecule has 0 radical (unpaired) electrons. The van der Waals surface area contributed by atoms with Gasteiger partial charge in [0.15, 0.2) is 7.37 Å². The van der Waals surface area contributed by atoms with Crippen molar-refractivity contribution in [2.75, 3.05) is 49.8 Å². The summed E-state index contributed by atoms with van der Waals surface area (Å²) in [4.78, 5) is 61.0. The Morgan fingerprint density at radius 1 is 1.20 bits per heavy atom. The van der Waals surface area contributed by atoms with Crippen LogP contribution >= 0.6 is 53.7 Å². The maximum atomic E-state index is 14.3. The van der Waals surface area contributed by atoms with Crippen molar-refractivity contribution in [3.05, 3.63) is 66.8 Å². The van der Waals surface area contributed by atoms with Crippen molar-refractivity contribution in [3.63, 3.8) is 0 Å². The van der Waals surface area contributed by atoms with Gasteiger partial charge in [-0.1, -0.05) is 36.7 Å². The van der Waals surface area contributed by atoms with Gasteiger partial charge in [0.05, 0.1) is 23.6 Å². The van der Waals surface area contributed by atoms with Gasteiger partial charge in [-0.05, 0) is 74.1 Å². The zero-order valence-electron chi connectivity index (χ0n) is 30.8. The van der Waals surface area contributed by atoms with Crippen LogP contribution in [-0.2, 0) is 47.9 Å². The second-order valence-electron chi connectivity index (χ2n) is 11.8. The number of carbonyl (C=O) groups is 3. The number of rotatable bonds is 14. The van der Waals surface area contributed by atoms with E-state index >= 15 is 0 Å². The molecule has 300 valence electrons. The van der Waals surface area contributed by atoms with Gasteiger partial charge in [-0.2, -0.15) is 0 Å². The Morgan fingerprint density at radius 2 is 1.87 bits per heavy atom. The SMILES string of the molecule is CCOCN(C(=O)CCl)c1c(C)cccc1CC.COC(=O)CSc1cc(N=c2sc(=O)n3n2CCCC3)c(F)cc1Cl.CP(=O)(O)CCC(N)C(=O)O. The van der Waals surface area contributed by atoms with Crippen LogP contribution in [0, 0.1) is 12.7 Å². The number of methoxy groups -OCH3 is 1. The number of carboxylic acid groups (broad SMARTS) is 1. The highest BCUT2D eigenvalue weighted by Crippen LogP contribution is 2.36. The van der Waals surface area contributed by atoms with Crippen molar-refractivity contribution >= 4 is 82.9 Å². The molecular weight excluding hydrogens is 807 g/mol. The molecule has 4 N–H and O–H groups in total. The molecule has 20 heteroatoms. The molecule has 0 spiro atoms. The number of para-hydroxylation sites is 1. The number of benzene rings is 2. The summed E-state index contributed by atoms with van der Waals surface area (Å²) in [6.45, 7) is 9.30. The summed E-state index contributed by atoms with van der Waals surface area (Å²) in [5.74, 6) is -2.23. The standard InChI is InChI=1S/C15H15ClFN3O3S2.C14H20ClNO2.C5H12NO4P/c1-23-13(21)8-24-12-7-11(10(17)6-9(12)16)18-14-19-4-2-3-5-20(19)15(22)25-14;1-4-12-8-6-7-11(3)14(12)16(10-18-5-2)13(17)9-15;1-11(9,10)3-2-4(6)5(7)8/h6-7H,2-5,8H2,1H3;6-8H,4-5,9-10H2,1-3H3;4H,2-3,6H2,1H3,(H,7,8)(H,9,10). The fourth-order valence-corrected chi connectivity index (χ4v) is 7.73. The number of ether oxygens (including phenoxy) is 2. The summed E-state index contributed by atoms with van der Waals surface area (Å²) in [5, 5.41) is 8.48. The molecule has 0 saturated carbocycles. The molecule has 14 nitrogen and oxygen atoms in total. The molecule has 2 atom stereocenters. The number of aromatic nitrogens is 2. The van der Waals surface area contributed by atoms with Crippen LogP contribution in [-0.4, -0.2) is 88.2 Å². The van der Waals surface area contributed by atoms with Crippen LogP contribution in [0.3, 0.4) is 0 Å². The molecule has 4 rings (SSSR count). The minimum absolute atomic E-state index is 0.0371. The summed E-state index contributed by atoms with van der Waals surface area (Å²) < 4.78 is 38.3. The van der Waals surface area contributed by atoms with Crippen molar-refractivity contribution in [1.82, 2.24) is 9.36 Å². The van der Waals surface area contributed by atoms with E-state index in [4.69, 9.17) is 43.7 Å². The average molecular weight is 855 g/mol. The van der Waals surface area contributed by atoms with Gasteiger partial charge in [0.1, 0.15) is 30.2 Å². The van der Waals surface area contributed by atoms with E-state index < -0.39 is 31.2 Å². The van der Waals surface area contributed by atoms with E-state index in [1.165, 1.54) is 19.8 Å². The number of fused-ring (bicyclic) bond motifs is 1. The molecule has 2 aromatic carbocycles. The lowest BCUT2D eigenvalue weighted by Crippen LogP contribution is -2.35. The average Bonchev–Trinajstić information content (AvgIpc) is 3.45. The van der Waals surface area contributed by atoms with Crippen molar-refractivity contribution in [1.29, 1.82) is 0 Å². The van der Waals surface area contributed by atoms with Crippen LogP contribution in [0.4, 0.5) is 15.8 Å². The Morgan fingerprint density at radius 3 is 2.44 bits per heavy atom. The lowest BCUT2D eigenvalue weighted by atomic mass is 10.0. The number of esters is 1. The molecule has 0 bridgehead atoms. The number of nitrogens with two attached hydrogens (primary N) is 1. The molecule has 1 amide bonds. The second-order valence-corrected chi connectivity index (χ2v) is 17.0. The van der Waals surface area contributed by atoms with E-state index in [-0.39, 0.29) is 52.4 Å². The number of halogens is 3. The molecule has 54 heavy (non-hydrogen) atoms. The van der Waals surface area contributed by atoms with Crippen molar-refractivity contribution in [2.45, 2.75) is 70.5 Å². The van der Waals surface area contributed by atoms with Gasteiger partial charge < -0.3 is 25.2 Å². The maximum absolute atomic E-state index is 14.3. The first-order valence-electron chi connectivity index (χ1n) is 16.8. The topological polar surface area (TPSA) is 196 Å². The number of amides is 1.